The fourth-order valence-electron chi connectivity index (χ4n) is 12.5. The Kier molecular flexibility index (Phi) is 31.7. The van der Waals surface area contributed by atoms with Crippen LogP contribution in [0.1, 0.15) is 126 Å². The molecule has 5 aromatic carbocycles. The van der Waals surface area contributed by atoms with E-state index in [9.17, 15) is 46.8 Å². The molecule has 0 radical (unpaired) electrons. The predicted octanol–water partition coefficient (Wildman–Crippen LogP) is 11.2. The smallest absolute Gasteiger partial charge is 0.162 e. The maximum absolute atomic E-state index is 14.3. The first-order valence-electron chi connectivity index (χ1n) is 33.9. The molecule has 96 heavy (non-hydrogen) atoms. The molecule has 0 atom stereocenters. The Morgan fingerprint density at radius 1 is 0.406 bits per heavy atom. The number of Topliss-reactive ketones (excluding diaryl/α,β-unsaturated/α-hetero) is 5. The van der Waals surface area contributed by atoms with Crippen LogP contribution in [0.3, 0.4) is 0 Å². The van der Waals surface area contributed by atoms with Crippen LogP contribution in [0.15, 0.2) is 104 Å². The Hall–Kier alpha value is -7.84. The number of carbonyl (C=O) groups excluding carboxylic acids is 5. The molecule has 5 aliphatic heterocycles. The minimum Gasteiger partial charge on any atom is -0.383 e. The second-order valence-electron chi connectivity index (χ2n) is 24.6. The third kappa shape index (κ3) is 21.8. The second kappa shape index (κ2) is 39.4. The molecule has 0 aliphatic carbocycles. The highest BCUT2D eigenvalue weighted by Gasteiger charge is 2.27. The molecule has 5 saturated heterocycles. The SMILES string of the molecule is C=CCN1CCN(c2cccc(C(C)=O)c2F)CC1.CCCN1CCN(c2cccc(C(C)=O)c2C#N)CC1.CCCN1CCN(c2cccc(C(C)=O)c2F)CC1.CCN1CCN(c2cccc(C(C)=O)c2F)CC1.COCCN1CCN(c2cccc(C(C)=O)c2F)CC1. The van der Waals surface area contributed by atoms with E-state index in [1.165, 1.54) is 53.2 Å². The van der Waals surface area contributed by atoms with Crippen LogP contribution in [-0.2, 0) is 4.74 Å². The van der Waals surface area contributed by atoms with Crippen molar-refractivity contribution in [2.75, 3.05) is 202 Å². The fraction of sp³-hybridized carbons (Fsp3) is 0.493. The number of ketones is 5. The molecule has 10 rings (SSSR count). The number of halogens is 4. The summed E-state index contributed by atoms with van der Waals surface area (Å²) in [7, 11) is 1.69. The van der Waals surface area contributed by atoms with E-state index in [0.29, 0.717) is 40.5 Å². The number of hydrogen-bond acceptors (Lipinski definition) is 17. The topological polar surface area (TPSA) is 151 Å². The van der Waals surface area contributed by atoms with Gasteiger partial charge in [-0.05, 0) is 128 Å². The van der Waals surface area contributed by atoms with E-state index in [1.54, 1.807) is 73.8 Å². The molecule has 0 spiro atoms. The molecule has 5 heterocycles. The molecule has 0 bridgehead atoms. The van der Waals surface area contributed by atoms with Gasteiger partial charge in [0.15, 0.2) is 52.2 Å². The summed E-state index contributed by atoms with van der Waals surface area (Å²) in [6.45, 7) is 40.6. The lowest BCUT2D eigenvalue weighted by atomic mass is 10.0. The van der Waals surface area contributed by atoms with E-state index in [-0.39, 0.29) is 62.8 Å². The number of carbonyl (C=O) groups is 5. The summed E-state index contributed by atoms with van der Waals surface area (Å²) in [6.07, 6.45) is 4.20. The van der Waals surface area contributed by atoms with Crippen LogP contribution >= 0.6 is 0 Å². The lowest BCUT2D eigenvalue weighted by molar-refractivity contribution is 0.100. The Morgan fingerprint density at radius 2 is 0.667 bits per heavy atom. The normalized spacial score (nSPS) is 16.5. The summed E-state index contributed by atoms with van der Waals surface area (Å²) in [6, 6.07) is 27.9. The van der Waals surface area contributed by atoms with Gasteiger partial charge in [-0.2, -0.15) is 5.26 Å². The van der Waals surface area contributed by atoms with Gasteiger partial charge >= 0.3 is 0 Å². The van der Waals surface area contributed by atoms with Crippen molar-refractivity contribution in [2.24, 2.45) is 0 Å². The van der Waals surface area contributed by atoms with Crippen LogP contribution in [0.2, 0.25) is 0 Å². The van der Waals surface area contributed by atoms with Gasteiger partial charge in [0.25, 0.3) is 0 Å². The van der Waals surface area contributed by atoms with Gasteiger partial charge in [-0.3, -0.25) is 43.6 Å². The molecule has 520 valence electrons. The number of methoxy groups -OCH3 is 1. The fourth-order valence-corrected chi connectivity index (χ4v) is 12.5. The van der Waals surface area contributed by atoms with Crippen molar-refractivity contribution in [3.63, 3.8) is 0 Å². The van der Waals surface area contributed by atoms with Crippen LogP contribution in [0.4, 0.5) is 46.0 Å². The highest BCUT2D eigenvalue weighted by atomic mass is 19.1. The standard InChI is InChI=1S/C16H21N3O.C15H21FN2O2.C15H21FN2O.C15H19FN2O.C14H19FN2O/c1-3-7-18-8-10-19(11-9-18)16-6-4-5-14(13(2)20)15(16)12-17;1-12(19)13-4-3-5-14(15(13)16)18-8-6-17(7-9-18)10-11-20-2;2*1-3-7-17-8-10-18(11-9-17)14-6-4-5-13(12(2)19)15(14)16;1-3-16-7-9-17(10-8-16)13-6-4-5-12(11(2)18)14(13)15/h4-6H,3,7-11H2,1-2H3;3-5H,6-11H2,1-2H3;4-6H,3,7-11H2,1-2H3;3-6H,1,7-11H2,2H3;4-6H,3,7-10H2,1-2H3. The Morgan fingerprint density at radius 3 is 0.927 bits per heavy atom. The average molecular weight is 1330 g/mol. The number of benzene rings is 5. The zero-order valence-electron chi connectivity index (χ0n) is 58.1. The molecule has 0 N–H and O–H groups in total. The highest BCUT2D eigenvalue weighted by Crippen LogP contribution is 2.29. The lowest BCUT2D eigenvalue weighted by Gasteiger charge is -2.36. The van der Waals surface area contributed by atoms with Crippen molar-refractivity contribution in [2.45, 2.75) is 68.2 Å². The average Bonchev–Trinajstić information content (AvgIpc) is 0.861. The van der Waals surface area contributed by atoms with Gasteiger partial charge in [0.05, 0.1) is 62.9 Å². The van der Waals surface area contributed by atoms with Gasteiger partial charge in [0, 0.05) is 157 Å². The van der Waals surface area contributed by atoms with E-state index in [1.807, 2.05) is 37.8 Å². The van der Waals surface area contributed by atoms with Crippen molar-refractivity contribution in [3.05, 3.63) is 160 Å². The van der Waals surface area contributed by atoms with Crippen LogP contribution in [-0.4, -0.2) is 231 Å². The molecule has 21 heteroatoms. The second-order valence-corrected chi connectivity index (χ2v) is 24.6. The quantitative estimate of drug-likeness (QED) is 0.0412. The molecule has 17 nitrogen and oxygen atoms in total. The van der Waals surface area contributed by atoms with Gasteiger partial charge in [-0.1, -0.05) is 57.2 Å². The van der Waals surface area contributed by atoms with E-state index in [2.05, 4.69) is 62.8 Å². The van der Waals surface area contributed by atoms with Crippen LogP contribution in [0, 0.1) is 34.6 Å². The van der Waals surface area contributed by atoms with Gasteiger partial charge in [0.2, 0.25) is 0 Å². The number of anilines is 5. The van der Waals surface area contributed by atoms with Crippen molar-refractivity contribution in [1.29, 1.82) is 5.26 Å². The molecule has 0 unspecified atom stereocenters. The molecular weight excluding hydrogens is 1230 g/mol. The molecule has 5 fully saturated rings. The first-order chi connectivity index (χ1) is 46.2. The Bertz CT molecular complexity index is 3400. The largest absolute Gasteiger partial charge is 0.383 e. The Balaban J connectivity index is 0.000000190. The summed E-state index contributed by atoms with van der Waals surface area (Å²) >= 11 is 0. The van der Waals surface area contributed by atoms with Crippen molar-refractivity contribution < 1.29 is 46.3 Å². The molecular formula is C75H101F4N11O6. The molecule has 0 aromatic heterocycles. The number of piperazine rings is 5. The molecule has 5 aliphatic rings. The Labute approximate surface area is 567 Å². The number of ether oxygens (including phenoxy) is 1. The van der Waals surface area contributed by atoms with E-state index in [4.69, 9.17) is 4.74 Å². The van der Waals surface area contributed by atoms with E-state index < -0.39 is 11.6 Å². The summed E-state index contributed by atoms with van der Waals surface area (Å²) in [5, 5.41) is 9.38. The van der Waals surface area contributed by atoms with Gasteiger partial charge in [0.1, 0.15) is 6.07 Å². The number of nitrogens with zero attached hydrogens (tertiary/aromatic N) is 11. The molecule has 0 amide bonds. The van der Waals surface area contributed by atoms with Crippen molar-refractivity contribution >= 4 is 57.4 Å². The monoisotopic (exact) mass is 1330 g/mol. The predicted molar refractivity (Wildman–Crippen MR) is 378 cm³/mol. The summed E-state index contributed by atoms with van der Waals surface area (Å²) in [4.78, 5) is 79.1. The van der Waals surface area contributed by atoms with Gasteiger partial charge < -0.3 is 34.1 Å². The van der Waals surface area contributed by atoms with Crippen molar-refractivity contribution in [1.82, 2.24) is 24.5 Å². The zero-order valence-corrected chi connectivity index (χ0v) is 58.1. The van der Waals surface area contributed by atoms with Crippen LogP contribution in [0.25, 0.3) is 0 Å². The third-order valence-corrected chi connectivity index (χ3v) is 18.1. The van der Waals surface area contributed by atoms with Crippen LogP contribution in [0.5, 0.6) is 0 Å². The van der Waals surface area contributed by atoms with Crippen molar-refractivity contribution in [3.8, 4) is 6.07 Å². The minimum absolute atomic E-state index is 0.0481. The van der Waals surface area contributed by atoms with Gasteiger partial charge in [-0.25, -0.2) is 17.6 Å². The van der Waals surface area contributed by atoms with E-state index >= 15 is 0 Å². The summed E-state index contributed by atoms with van der Waals surface area (Å²) in [5.41, 5.74) is 4.84. The maximum atomic E-state index is 14.3. The first kappa shape index (κ1) is 77.2. The molecule has 5 aromatic rings. The maximum Gasteiger partial charge on any atom is 0.162 e. The molecule has 0 saturated carbocycles. The number of likely N-dealkylation sites (N-methyl/N-ethyl adjacent to an activating group) is 1. The first-order valence-corrected chi connectivity index (χ1v) is 33.9. The van der Waals surface area contributed by atoms with Gasteiger partial charge in [-0.15, -0.1) is 6.58 Å². The minimum atomic E-state index is -0.398. The summed E-state index contributed by atoms with van der Waals surface area (Å²) in [5.74, 6) is -2.50. The number of hydrogen-bond donors (Lipinski definition) is 0. The highest BCUT2D eigenvalue weighted by molar-refractivity contribution is 5.99. The number of rotatable bonds is 20. The third-order valence-electron chi connectivity index (χ3n) is 18.1. The summed E-state index contributed by atoms with van der Waals surface area (Å²) < 4.78 is 62.1. The number of nitriles is 1. The lowest BCUT2D eigenvalue weighted by Crippen LogP contribution is -2.47. The van der Waals surface area contributed by atoms with E-state index in [0.717, 1.165) is 176 Å². The van der Waals surface area contributed by atoms with Crippen LogP contribution < -0.4 is 24.5 Å². The zero-order chi connectivity index (χ0) is 69.8.